The second kappa shape index (κ2) is 11.4. The fourth-order valence-corrected chi connectivity index (χ4v) is 5.31. The number of hydrogen-bond acceptors (Lipinski definition) is 7. The predicted octanol–water partition coefficient (Wildman–Crippen LogP) is 4.50. The van der Waals surface area contributed by atoms with Gasteiger partial charge in [0.1, 0.15) is 17.5 Å². The molecule has 3 aromatic rings. The van der Waals surface area contributed by atoms with E-state index in [1.807, 2.05) is 30.3 Å². The van der Waals surface area contributed by atoms with E-state index < -0.39 is 12.0 Å². The third-order valence-corrected chi connectivity index (χ3v) is 6.98. The van der Waals surface area contributed by atoms with Gasteiger partial charge in [-0.15, -0.1) is 0 Å². The molecule has 0 saturated heterocycles. The van der Waals surface area contributed by atoms with Gasteiger partial charge in [-0.05, 0) is 61.7 Å². The SMILES string of the molecule is CCOC(=O)C1=C(C)N=c2s/c(=C\c3ccc(OCC(C)C)cc3)c(=O)n2[C@@H]1c1cc(Cl)ccc1OC. The van der Waals surface area contributed by atoms with Gasteiger partial charge in [-0.2, -0.15) is 0 Å². The molecule has 7 nitrogen and oxygen atoms in total. The number of esters is 1. The number of halogens is 1. The Bertz CT molecular complexity index is 1520. The third kappa shape index (κ3) is 5.65. The van der Waals surface area contributed by atoms with Gasteiger partial charge in [-0.3, -0.25) is 9.36 Å². The molecule has 194 valence electrons. The summed E-state index contributed by atoms with van der Waals surface area (Å²) in [5.74, 6) is 1.16. The Kier molecular flexibility index (Phi) is 8.19. The van der Waals surface area contributed by atoms with Crippen molar-refractivity contribution in [1.82, 2.24) is 4.57 Å². The van der Waals surface area contributed by atoms with E-state index in [0.29, 0.717) is 43.9 Å². The van der Waals surface area contributed by atoms with Crippen LogP contribution in [-0.4, -0.2) is 30.9 Å². The van der Waals surface area contributed by atoms with Crippen LogP contribution in [0.5, 0.6) is 11.5 Å². The van der Waals surface area contributed by atoms with Gasteiger partial charge in [0.25, 0.3) is 5.56 Å². The summed E-state index contributed by atoms with van der Waals surface area (Å²) in [5.41, 5.74) is 1.90. The predicted molar refractivity (Wildman–Crippen MR) is 145 cm³/mol. The minimum Gasteiger partial charge on any atom is -0.496 e. The maximum atomic E-state index is 13.8. The number of nitrogens with zero attached hydrogens (tertiary/aromatic N) is 2. The molecule has 1 aliphatic heterocycles. The van der Waals surface area contributed by atoms with Crippen LogP contribution in [0.2, 0.25) is 5.02 Å². The Labute approximate surface area is 224 Å². The van der Waals surface area contributed by atoms with Crippen LogP contribution >= 0.6 is 22.9 Å². The molecule has 0 spiro atoms. The number of benzene rings is 2. The van der Waals surface area contributed by atoms with Gasteiger partial charge in [0.15, 0.2) is 4.80 Å². The summed E-state index contributed by atoms with van der Waals surface area (Å²) < 4.78 is 18.7. The minimum absolute atomic E-state index is 0.191. The van der Waals surface area contributed by atoms with Crippen LogP contribution in [0.15, 0.2) is 63.5 Å². The molecule has 4 rings (SSSR count). The van der Waals surface area contributed by atoms with Crippen LogP contribution in [0.4, 0.5) is 0 Å². The monoisotopic (exact) mass is 540 g/mol. The van der Waals surface area contributed by atoms with Crippen LogP contribution in [0.3, 0.4) is 0 Å². The van der Waals surface area contributed by atoms with Crippen LogP contribution in [-0.2, 0) is 9.53 Å². The third-order valence-electron chi connectivity index (χ3n) is 5.76. The molecule has 0 amide bonds. The molecule has 9 heteroatoms. The second-order valence-electron chi connectivity index (χ2n) is 8.96. The van der Waals surface area contributed by atoms with Crippen molar-refractivity contribution in [3.63, 3.8) is 0 Å². The van der Waals surface area contributed by atoms with Crippen molar-refractivity contribution in [2.24, 2.45) is 10.9 Å². The molecule has 0 fully saturated rings. The smallest absolute Gasteiger partial charge is 0.338 e. The highest BCUT2D eigenvalue weighted by Gasteiger charge is 2.35. The zero-order valence-corrected chi connectivity index (χ0v) is 23.0. The molecule has 0 bridgehead atoms. The number of thiazole rings is 1. The fourth-order valence-electron chi connectivity index (χ4n) is 4.08. The topological polar surface area (TPSA) is 79.1 Å². The summed E-state index contributed by atoms with van der Waals surface area (Å²) in [5, 5.41) is 0.454. The van der Waals surface area contributed by atoms with E-state index in [1.54, 1.807) is 32.0 Å². The molecule has 2 heterocycles. The Morgan fingerprint density at radius 1 is 1.22 bits per heavy atom. The fraction of sp³-hybridized carbons (Fsp3) is 0.321. The van der Waals surface area contributed by atoms with Crippen molar-refractivity contribution in [2.75, 3.05) is 20.3 Å². The summed E-state index contributed by atoms with van der Waals surface area (Å²) in [6.45, 7) is 8.48. The molecule has 1 aliphatic rings. The van der Waals surface area contributed by atoms with E-state index in [4.69, 9.17) is 25.8 Å². The first-order chi connectivity index (χ1) is 17.7. The molecule has 0 aliphatic carbocycles. The summed E-state index contributed by atoms with van der Waals surface area (Å²) >= 11 is 7.60. The van der Waals surface area contributed by atoms with Gasteiger partial charge in [0.05, 0.1) is 36.1 Å². The summed E-state index contributed by atoms with van der Waals surface area (Å²) in [6, 6.07) is 11.9. The highest BCUT2D eigenvalue weighted by molar-refractivity contribution is 7.07. The molecule has 1 atom stereocenters. The average molecular weight is 541 g/mol. The van der Waals surface area contributed by atoms with Gasteiger partial charge in [-0.1, -0.05) is 48.9 Å². The molecule has 0 radical (unpaired) electrons. The number of carbonyl (C=O) groups excluding carboxylic acids is 1. The van der Waals surface area contributed by atoms with Crippen molar-refractivity contribution in [3.05, 3.63) is 89.6 Å². The van der Waals surface area contributed by atoms with Crippen LogP contribution in [0.1, 0.15) is 44.9 Å². The van der Waals surface area contributed by atoms with Gasteiger partial charge >= 0.3 is 5.97 Å². The van der Waals surface area contributed by atoms with E-state index in [9.17, 15) is 9.59 Å². The number of rotatable bonds is 8. The number of ether oxygens (including phenoxy) is 3. The number of aromatic nitrogens is 1. The van der Waals surface area contributed by atoms with Crippen LogP contribution < -0.4 is 24.4 Å². The van der Waals surface area contributed by atoms with Crippen molar-refractivity contribution >= 4 is 35.0 Å². The van der Waals surface area contributed by atoms with Crippen molar-refractivity contribution in [2.45, 2.75) is 33.7 Å². The summed E-state index contributed by atoms with van der Waals surface area (Å²) in [6.07, 6.45) is 1.81. The number of methoxy groups -OCH3 is 1. The van der Waals surface area contributed by atoms with Crippen molar-refractivity contribution < 1.29 is 19.0 Å². The first kappa shape index (κ1) is 26.7. The normalized spacial score (nSPS) is 15.4. The lowest BCUT2D eigenvalue weighted by Gasteiger charge is -2.26. The minimum atomic E-state index is -0.807. The maximum absolute atomic E-state index is 13.8. The van der Waals surface area contributed by atoms with E-state index in [1.165, 1.54) is 23.0 Å². The van der Waals surface area contributed by atoms with Crippen molar-refractivity contribution in [3.8, 4) is 11.5 Å². The van der Waals surface area contributed by atoms with Crippen molar-refractivity contribution in [1.29, 1.82) is 0 Å². The van der Waals surface area contributed by atoms with E-state index in [-0.39, 0.29) is 17.7 Å². The number of carbonyl (C=O) groups is 1. The molecular weight excluding hydrogens is 512 g/mol. The molecule has 0 N–H and O–H groups in total. The summed E-state index contributed by atoms with van der Waals surface area (Å²) in [4.78, 5) is 31.9. The number of allylic oxidation sites excluding steroid dienone is 1. The Hall–Kier alpha value is -3.36. The summed E-state index contributed by atoms with van der Waals surface area (Å²) in [7, 11) is 1.53. The zero-order chi connectivity index (χ0) is 26.7. The van der Waals surface area contributed by atoms with Gasteiger partial charge in [0, 0.05) is 10.6 Å². The first-order valence-corrected chi connectivity index (χ1v) is 13.2. The van der Waals surface area contributed by atoms with E-state index in [2.05, 4.69) is 18.8 Å². The van der Waals surface area contributed by atoms with Gasteiger partial charge in [0.2, 0.25) is 0 Å². The highest BCUT2D eigenvalue weighted by Crippen LogP contribution is 2.37. The second-order valence-corrected chi connectivity index (χ2v) is 10.4. The van der Waals surface area contributed by atoms with E-state index >= 15 is 0 Å². The average Bonchev–Trinajstić information content (AvgIpc) is 3.17. The standard InChI is InChI=1S/C28H29ClN2O5S/c1-6-35-27(33)24-17(4)30-28-31(25(24)21-14-19(29)9-12-22(21)34-5)26(32)23(37-28)13-18-7-10-20(11-8-18)36-15-16(2)3/h7-14,16,25H,6,15H2,1-5H3/b23-13-/t25-/m1/s1. The van der Waals surface area contributed by atoms with Gasteiger partial charge < -0.3 is 14.2 Å². The molecular formula is C28H29ClN2O5S. The zero-order valence-electron chi connectivity index (χ0n) is 21.4. The molecule has 0 saturated carbocycles. The van der Waals surface area contributed by atoms with E-state index in [0.717, 1.165) is 11.3 Å². The molecule has 0 unspecified atom stereocenters. The molecule has 1 aromatic heterocycles. The first-order valence-electron chi connectivity index (χ1n) is 12.0. The highest BCUT2D eigenvalue weighted by atomic mass is 35.5. The Morgan fingerprint density at radius 3 is 2.59 bits per heavy atom. The Balaban J connectivity index is 1.86. The lowest BCUT2D eigenvalue weighted by molar-refractivity contribution is -0.139. The van der Waals surface area contributed by atoms with Crippen LogP contribution in [0.25, 0.3) is 6.08 Å². The number of hydrogen-bond donors (Lipinski definition) is 0. The molecule has 37 heavy (non-hydrogen) atoms. The lowest BCUT2D eigenvalue weighted by Crippen LogP contribution is -2.40. The largest absolute Gasteiger partial charge is 0.496 e. The molecule has 2 aromatic carbocycles. The maximum Gasteiger partial charge on any atom is 0.338 e. The van der Waals surface area contributed by atoms with Crippen LogP contribution in [0, 0.1) is 5.92 Å². The quantitative estimate of drug-likeness (QED) is 0.393. The Morgan fingerprint density at radius 2 is 1.95 bits per heavy atom. The lowest BCUT2D eigenvalue weighted by atomic mass is 9.95. The number of fused-ring (bicyclic) bond motifs is 1. The van der Waals surface area contributed by atoms with Gasteiger partial charge in [-0.25, -0.2) is 9.79 Å².